The molecule has 2 rings (SSSR count). The Morgan fingerprint density at radius 3 is 2.73 bits per heavy atom. The third-order valence-electron chi connectivity index (χ3n) is 3.18. The summed E-state index contributed by atoms with van der Waals surface area (Å²) < 4.78 is 0. The van der Waals surface area contributed by atoms with E-state index < -0.39 is 22.4 Å². The van der Waals surface area contributed by atoms with Crippen LogP contribution in [-0.2, 0) is 4.79 Å². The largest absolute Gasteiger partial charge is 0.353 e. The molecule has 8 nitrogen and oxygen atoms in total. The van der Waals surface area contributed by atoms with Crippen molar-refractivity contribution < 1.29 is 19.3 Å². The number of hydrogen-bond donors (Lipinski definition) is 1. The molecule has 0 fully saturated rings. The molecule has 1 N–H and O–H groups in total. The van der Waals surface area contributed by atoms with Crippen LogP contribution < -0.4 is 5.32 Å². The highest BCUT2D eigenvalue weighted by Gasteiger charge is 2.40. The van der Waals surface area contributed by atoms with Gasteiger partial charge in [0.05, 0.1) is 10.5 Å². The van der Waals surface area contributed by atoms with E-state index in [0.29, 0.717) is 0 Å². The molecule has 0 atom stereocenters. The molecular formula is C14H13N3O5. The summed E-state index contributed by atoms with van der Waals surface area (Å²) in [7, 11) is 0. The monoisotopic (exact) mass is 303 g/mol. The Morgan fingerprint density at radius 2 is 2.09 bits per heavy atom. The van der Waals surface area contributed by atoms with Crippen molar-refractivity contribution in [3.05, 3.63) is 52.1 Å². The van der Waals surface area contributed by atoms with Gasteiger partial charge >= 0.3 is 0 Å². The Morgan fingerprint density at radius 1 is 1.36 bits per heavy atom. The standard InChI is InChI=1S/C14H13N3O5/c1-2-7-15-11(18)6-8-16-13(19)9-4-3-5-10(17(21)22)12(9)14(16)20/h2-5H,1,6-8H2,(H,15,18). The van der Waals surface area contributed by atoms with Crippen LogP contribution >= 0.6 is 0 Å². The molecule has 3 amide bonds. The molecule has 0 bridgehead atoms. The average Bonchev–Trinajstić information content (AvgIpc) is 2.74. The van der Waals surface area contributed by atoms with Gasteiger partial charge in [0.2, 0.25) is 5.91 Å². The quantitative estimate of drug-likeness (QED) is 0.363. The molecule has 0 aromatic heterocycles. The first-order valence-corrected chi connectivity index (χ1v) is 6.48. The summed E-state index contributed by atoms with van der Waals surface area (Å²) in [6.07, 6.45) is 1.43. The van der Waals surface area contributed by atoms with Gasteiger partial charge in [-0.2, -0.15) is 0 Å². The molecule has 1 aliphatic rings. The lowest BCUT2D eigenvalue weighted by Crippen LogP contribution is -2.34. The predicted octanol–water partition coefficient (Wildman–Crippen LogP) is 0.883. The lowest BCUT2D eigenvalue weighted by atomic mass is 10.1. The smallest absolute Gasteiger partial charge is 0.282 e. The van der Waals surface area contributed by atoms with E-state index in [1.165, 1.54) is 24.3 Å². The molecule has 1 aromatic rings. The number of nitrogens with one attached hydrogen (secondary N) is 1. The molecule has 1 heterocycles. The maximum Gasteiger partial charge on any atom is 0.282 e. The van der Waals surface area contributed by atoms with Gasteiger partial charge in [0.15, 0.2) is 0 Å². The van der Waals surface area contributed by atoms with Crippen LogP contribution in [0.25, 0.3) is 0 Å². The molecule has 1 aliphatic heterocycles. The molecule has 114 valence electrons. The van der Waals surface area contributed by atoms with Gasteiger partial charge in [-0.15, -0.1) is 6.58 Å². The summed E-state index contributed by atoms with van der Waals surface area (Å²) in [6.45, 7) is 3.60. The lowest BCUT2D eigenvalue weighted by molar-refractivity contribution is -0.385. The fourth-order valence-electron chi connectivity index (χ4n) is 2.16. The predicted molar refractivity (Wildman–Crippen MR) is 76.3 cm³/mol. The number of imide groups is 1. The summed E-state index contributed by atoms with van der Waals surface area (Å²) >= 11 is 0. The Kier molecular flexibility index (Phi) is 4.31. The van der Waals surface area contributed by atoms with Crippen LogP contribution in [0.4, 0.5) is 5.69 Å². The van der Waals surface area contributed by atoms with Crippen molar-refractivity contribution in [2.45, 2.75) is 6.42 Å². The third-order valence-corrected chi connectivity index (χ3v) is 3.18. The van der Waals surface area contributed by atoms with Gasteiger partial charge in [0.25, 0.3) is 17.5 Å². The highest BCUT2D eigenvalue weighted by atomic mass is 16.6. The van der Waals surface area contributed by atoms with Crippen molar-refractivity contribution in [2.75, 3.05) is 13.1 Å². The number of fused-ring (bicyclic) bond motifs is 1. The number of carbonyl (C=O) groups excluding carboxylic acids is 3. The van der Waals surface area contributed by atoms with Crippen LogP contribution in [0.15, 0.2) is 30.9 Å². The van der Waals surface area contributed by atoms with Gasteiger partial charge in [0.1, 0.15) is 5.56 Å². The number of hydrogen-bond acceptors (Lipinski definition) is 5. The van der Waals surface area contributed by atoms with Gasteiger partial charge in [0, 0.05) is 25.6 Å². The van der Waals surface area contributed by atoms with Crippen molar-refractivity contribution in [1.82, 2.24) is 10.2 Å². The Labute approximate surface area is 125 Å². The van der Waals surface area contributed by atoms with E-state index in [2.05, 4.69) is 11.9 Å². The van der Waals surface area contributed by atoms with Crippen LogP contribution in [0.2, 0.25) is 0 Å². The molecule has 0 aliphatic carbocycles. The zero-order valence-corrected chi connectivity index (χ0v) is 11.6. The Balaban J connectivity index is 2.17. The Bertz CT molecular complexity index is 683. The van der Waals surface area contributed by atoms with Crippen LogP contribution in [0.1, 0.15) is 27.1 Å². The number of nitro groups is 1. The van der Waals surface area contributed by atoms with E-state index in [1.54, 1.807) is 0 Å². The van der Waals surface area contributed by atoms with Gasteiger partial charge in [-0.3, -0.25) is 29.4 Å². The molecule has 0 saturated carbocycles. The van der Waals surface area contributed by atoms with E-state index in [-0.39, 0.29) is 36.5 Å². The SMILES string of the molecule is C=CCNC(=O)CCN1C(=O)c2cccc([N+](=O)[O-])c2C1=O. The molecule has 0 radical (unpaired) electrons. The summed E-state index contributed by atoms with van der Waals surface area (Å²) in [4.78, 5) is 47.0. The summed E-state index contributed by atoms with van der Waals surface area (Å²) in [5.41, 5.74) is -0.635. The number of benzene rings is 1. The summed E-state index contributed by atoms with van der Waals surface area (Å²) in [5, 5.41) is 13.5. The van der Waals surface area contributed by atoms with Gasteiger partial charge in [-0.25, -0.2) is 0 Å². The molecule has 0 unspecified atom stereocenters. The van der Waals surface area contributed by atoms with Crippen LogP contribution in [-0.4, -0.2) is 40.6 Å². The number of nitrogens with zero attached hydrogens (tertiary/aromatic N) is 2. The summed E-state index contributed by atoms with van der Waals surface area (Å²) in [6, 6.07) is 3.88. The molecule has 1 aromatic carbocycles. The van der Waals surface area contributed by atoms with Gasteiger partial charge in [-0.1, -0.05) is 12.1 Å². The van der Waals surface area contributed by atoms with Crippen molar-refractivity contribution in [2.24, 2.45) is 0 Å². The minimum Gasteiger partial charge on any atom is -0.353 e. The maximum atomic E-state index is 12.2. The number of nitro benzene ring substituents is 1. The molecule has 22 heavy (non-hydrogen) atoms. The zero-order valence-electron chi connectivity index (χ0n) is 11.6. The minimum absolute atomic E-state index is 0.00861. The normalized spacial score (nSPS) is 13.0. The zero-order chi connectivity index (χ0) is 16.3. The van der Waals surface area contributed by atoms with E-state index >= 15 is 0 Å². The first kappa shape index (κ1) is 15.4. The first-order valence-electron chi connectivity index (χ1n) is 6.48. The van der Waals surface area contributed by atoms with Crippen LogP contribution in [0, 0.1) is 10.1 Å². The van der Waals surface area contributed by atoms with Crippen LogP contribution in [0.3, 0.4) is 0 Å². The van der Waals surface area contributed by atoms with Crippen LogP contribution in [0.5, 0.6) is 0 Å². The topological polar surface area (TPSA) is 110 Å². The average molecular weight is 303 g/mol. The van der Waals surface area contributed by atoms with Crippen molar-refractivity contribution in [3.8, 4) is 0 Å². The molecule has 0 spiro atoms. The molecular weight excluding hydrogens is 290 g/mol. The van der Waals surface area contributed by atoms with Gasteiger partial charge < -0.3 is 5.32 Å². The number of amides is 3. The second-order valence-corrected chi connectivity index (χ2v) is 4.56. The first-order chi connectivity index (χ1) is 10.5. The molecule has 0 saturated heterocycles. The van der Waals surface area contributed by atoms with E-state index in [1.807, 2.05) is 0 Å². The van der Waals surface area contributed by atoms with E-state index in [0.717, 1.165) is 4.90 Å². The lowest BCUT2D eigenvalue weighted by Gasteiger charge is -2.13. The highest BCUT2D eigenvalue weighted by molar-refractivity contribution is 6.23. The van der Waals surface area contributed by atoms with Crippen molar-refractivity contribution in [3.63, 3.8) is 0 Å². The van der Waals surface area contributed by atoms with Crippen molar-refractivity contribution in [1.29, 1.82) is 0 Å². The third kappa shape index (κ3) is 2.71. The Hall–Kier alpha value is -3.03. The van der Waals surface area contributed by atoms with Gasteiger partial charge in [-0.05, 0) is 6.07 Å². The fourth-order valence-corrected chi connectivity index (χ4v) is 2.16. The van der Waals surface area contributed by atoms with Crippen molar-refractivity contribution >= 4 is 23.4 Å². The van der Waals surface area contributed by atoms with E-state index in [9.17, 15) is 24.5 Å². The summed E-state index contributed by atoms with van der Waals surface area (Å²) in [5.74, 6) is -1.71. The minimum atomic E-state index is -0.746. The fraction of sp³-hybridized carbons (Fsp3) is 0.214. The number of rotatable bonds is 6. The van der Waals surface area contributed by atoms with E-state index in [4.69, 9.17) is 0 Å². The second kappa shape index (κ2) is 6.17. The highest BCUT2D eigenvalue weighted by Crippen LogP contribution is 2.30. The second-order valence-electron chi connectivity index (χ2n) is 4.56. The molecule has 8 heteroatoms. The number of carbonyl (C=O) groups is 3. The maximum absolute atomic E-state index is 12.2.